The number of aromatic nitrogens is 1. The Balaban J connectivity index is 1.90. The van der Waals surface area contributed by atoms with E-state index in [1.54, 1.807) is 6.07 Å². The molecule has 0 radical (unpaired) electrons. The van der Waals surface area contributed by atoms with E-state index in [0.29, 0.717) is 18.0 Å². The summed E-state index contributed by atoms with van der Waals surface area (Å²) in [7, 11) is 0. The largest absolute Gasteiger partial charge is 0.326 e. The molecule has 1 aromatic heterocycles. The van der Waals surface area contributed by atoms with Crippen molar-refractivity contribution in [2.24, 2.45) is 0 Å². The Morgan fingerprint density at radius 2 is 1.90 bits per heavy atom. The molecule has 1 N–H and O–H groups in total. The number of nitrogens with zero attached hydrogens (tertiary/aromatic N) is 1. The van der Waals surface area contributed by atoms with Gasteiger partial charge in [-0.15, -0.1) is 0 Å². The third kappa shape index (κ3) is 4.07. The van der Waals surface area contributed by atoms with Crippen LogP contribution in [0.25, 0.3) is 0 Å². The molecule has 0 spiro atoms. The fourth-order valence-corrected chi connectivity index (χ4v) is 2.12. The average Bonchev–Trinajstić information content (AvgIpc) is 2.41. The quantitative estimate of drug-likeness (QED) is 0.861. The molecule has 1 aromatic carbocycles. The standard InChI is InChI=1S/C16H17ClN2O/c1-12-5-8-19(9-6-12)10-7-16(20)18-15-4-3-14(17)11-13(15)2/h3-6,8-9,11H,7,10H2,1-2H3/p+1. The van der Waals surface area contributed by atoms with Crippen LogP contribution in [-0.4, -0.2) is 5.91 Å². The smallest absolute Gasteiger partial charge is 0.230 e. The Morgan fingerprint density at radius 1 is 1.20 bits per heavy atom. The van der Waals surface area contributed by atoms with Gasteiger partial charge in [-0.2, -0.15) is 0 Å². The van der Waals surface area contributed by atoms with Crippen molar-refractivity contribution in [1.29, 1.82) is 0 Å². The van der Waals surface area contributed by atoms with Gasteiger partial charge in [0.2, 0.25) is 5.91 Å². The van der Waals surface area contributed by atoms with Crippen molar-refractivity contribution in [3.8, 4) is 0 Å². The van der Waals surface area contributed by atoms with Gasteiger partial charge in [-0.3, -0.25) is 4.79 Å². The summed E-state index contributed by atoms with van der Waals surface area (Å²) < 4.78 is 2.00. The topological polar surface area (TPSA) is 33.0 Å². The summed E-state index contributed by atoms with van der Waals surface area (Å²) in [5, 5.41) is 3.58. The summed E-state index contributed by atoms with van der Waals surface area (Å²) in [6, 6.07) is 9.50. The second kappa shape index (κ2) is 6.53. The molecule has 0 atom stereocenters. The molecule has 0 bridgehead atoms. The monoisotopic (exact) mass is 289 g/mol. The first-order chi connectivity index (χ1) is 9.54. The molecule has 1 amide bonds. The Kier molecular flexibility index (Phi) is 4.74. The zero-order chi connectivity index (χ0) is 14.5. The number of anilines is 1. The summed E-state index contributed by atoms with van der Waals surface area (Å²) in [6.07, 6.45) is 4.40. The van der Waals surface area contributed by atoms with E-state index in [9.17, 15) is 4.79 Å². The maximum atomic E-state index is 11.9. The first-order valence-electron chi connectivity index (χ1n) is 6.56. The lowest BCUT2D eigenvalue weighted by Crippen LogP contribution is -2.34. The van der Waals surface area contributed by atoms with Crippen molar-refractivity contribution in [3.63, 3.8) is 0 Å². The highest BCUT2D eigenvalue weighted by molar-refractivity contribution is 6.30. The lowest BCUT2D eigenvalue weighted by atomic mass is 10.2. The van der Waals surface area contributed by atoms with E-state index in [1.165, 1.54) is 5.56 Å². The zero-order valence-electron chi connectivity index (χ0n) is 11.7. The van der Waals surface area contributed by atoms with Crippen molar-refractivity contribution in [2.45, 2.75) is 26.8 Å². The lowest BCUT2D eigenvalue weighted by molar-refractivity contribution is -0.695. The van der Waals surface area contributed by atoms with Gasteiger partial charge in [0.05, 0.1) is 6.42 Å². The molecule has 0 aliphatic heterocycles. The van der Waals surface area contributed by atoms with Crippen molar-refractivity contribution < 1.29 is 9.36 Å². The van der Waals surface area contributed by atoms with Crippen LogP contribution in [0.5, 0.6) is 0 Å². The van der Waals surface area contributed by atoms with Gasteiger partial charge in [0.25, 0.3) is 0 Å². The molecule has 0 saturated heterocycles. The van der Waals surface area contributed by atoms with Crippen molar-refractivity contribution in [2.75, 3.05) is 5.32 Å². The van der Waals surface area contributed by atoms with Gasteiger partial charge in [0.15, 0.2) is 18.9 Å². The minimum Gasteiger partial charge on any atom is -0.326 e. The van der Waals surface area contributed by atoms with Gasteiger partial charge < -0.3 is 5.32 Å². The average molecular weight is 290 g/mol. The SMILES string of the molecule is Cc1cc[n+](CCC(=O)Nc2ccc(Cl)cc2C)cc1. The fourth-order valence-electron chi connectivity index (χ4n) is 1.89. The van der Waals surface area contributed by atoms with Crippen LogP contribution in [0, 0.1) is 13.8 Å². The van der Waals surface area contributed by atoms with Gasteiger partial charge in [0.1, 0.15) is 0 Å². The molecule has 2 aromatic rings. The van der Waals surface area contributed by atoms with Gasteiger partial charge in [0, 0.05) is 22.8 Å². The van der Waals surface area contributed by atoms with Gasteiger partial charge in [-0.25, -0.2) is 4.57 Å². The number of amides is 1. The normalized spacial score (nSPS) is 10.3. The predicted molar refractivity (Wildman–Crippen MR) is 80.8 cm³/mol. The number of nitrogens with one attached hydrogen (secondary N) is 1. The van der Waals surface area contributed by atoms with Crippen LogP contribution in [-0.2, 0) is 11.3 Å². The number of aryl methyl sites for hydroxylation is 3. The molecule has 1 heterocycles. The molecule has 0 saturated carbocycles. The molecule has 3 nitrogen and oxygen atoms in total. The van der Waals surface area contributed by atoms with Crippen LogP contribution in [0.4, 0.5) is 5.69 Å². The van der Waals surface area contributed by atoms with Crippen LogP contribution < -0.4 is 9.88 Å². The van der Waals surface area contributed by atoms with Crippen LogP contribution in [0.1, 0.15) is 17.5 Å². The lowest BCUT2D eigenvalue weighted by Gasteiger charge is -2.07. The maximum Gasteiger partial charge on any atom is 0.230 e. The highest BCUT2D eigenvalue weighted by atomic mass is 35.5. The van der Waals surface area contributed by atoms with Crippen molar-refractivity contribution in [1.82, 2.24) is 0 Å². The first-order valence-corrected chi connectivity index (χ1v) is 6.94. The molecule has 104 valence electrons. The first kappa shape index (κ1) is 14.5. The maximum absolute atomic E-state index is 11.9. The van der Waals surface area contributed by atoms with Crippen LogP contribution in [0.3, 0.4) is 0 Å². The van der Waals surface area contributed by atoms with E-state index in [4.69, 9.17) is 11.6 Å². The van der Waals surface area contributed by atoms with E-state index in [-0.39, 0.29) is 5.91 Å². The predicted octanol–water partition coefficient (Wildman–Crippen LogP) is 3.27. The number of halogens is 1. The zero-order valence-corrected chi connectivity index (χ0v) is 12.4. The summed E-state index contributed by atoms with van der Waals surface area (Å²) in [4.78, 5) is 11.9. The third-order valence-corrected chi connectivity index (χ3v) is 3.35. The van der Waals surface area contributed by atoms with E-state index in [1.807, 2.05) is 55.1 Å². The molecule has 2 rings (SSSR count). The summed E-state index contributed by atoms with van der Waals surface area (Å²) in [5.74, 6) is 0.00324. The Hall–Kier alpha value is -1.87. The minimum absolute atomic E-state index is 0.00324. The Labute approximate surface area is 124 Å². The molecule has 0 aliphatic carbocycles. The number of carbonyl (C=O) groups excluding carboxylic acids is 1. The summed E-state index contributed by atoms with van der Waals surface area (Å²) in [6.45, 7) is 4.63. The number of carbonyl (C=O) groups is 1. The summed E-state index contributed by atoms with van der Waals surface area (Å²) in [5.41, 5.74) is 2.99. The number of pyridine rings is 1. The molecule has 0 aliphatic rings. The summed E-state index contributed by atoms with van der Waals surface area (Å²) >= 11 is 5.89. The van der Waals surface area contributed by atoms with Crippen LogP contribution >= 0.6 is 11.6 Å². The molecule has 0 unspecified atom stereocenters. The fraction of sp³-hybridized carbons (Fsp3) is 0.250. The van der Waals surface area contributed by atoms with Crippen molar-refractivity contribution >= 4 is 23.2 Å². The van der Waals surface area contributed by atoms with Gasteiger partial charge in [-0.1, -0.05) is 11.6 Å². The number of benzene rings is 1. The third-order valence-electron chi connectivity index (χ3n) is 3.12. The molecule has 20 heavy (non-hydrogen) atoms. The highest BCUT2D eigenvalue weighted by Gasteiger charge is 2.08. The number of rotatable bonds is 4. The molecular weight excluding hydrogens is 272 g/mol. The molecular formula is C16H18ClN2O+. The Bertz CT molecular complexity index is 608. The van der Waals surface area contributed by atoms with Gasteiger partial charge in [-0.05, 0) is 43.2 Å². The second-order valence-electron chi connectivity index (χ2n) is 4.87. The molecule has 4 heteroatoms. The van der Waals surface area contributed by atoms with Crippen LogP contribution in [0.15, 0.2) is 42.7 Å². The van der Waals surface area contributed by atoms with E-state index >= 15 is 0 Å². The van der Waals surface area contributed by atoms with E-state index in [2.05, 4.69) is 5.32 Å². The second-order valence-corrected chi connectivity index (χ2v) is 5.31. The Morgan fingerprint density at radius 3 is 2.55 bits per heavy atom. The highest BCUT2D eigenvalue weighted by Crippen LogP contribution is 2.19. The van der Waals surface area contributed by atoms with Crippen molar-refractivity contribution in [3.05, 3.63) is 58.9 Å². The van der Waals surface area contributed by atoms with E-state index < -0.39 is 0 Å². The van der Waals surface area contributed by atoms with Gasteiger partial charge >= 0.3 is 0 Å². The number of hydrogen-bond acceptors (Lipinski definition) is 1. The minimum atomic E-state index is 0.00324. The van der Waals surface area contributed by atoms with Crippen LogP contribution in [0.2, 0.25) is 5.02 Å². The number of hydrogen-bond donors (Lipinski definition) is 1. The molecule has 0 fully saturated rings. The van der Waals surface area contributed by atoms with E-state index in [0.717, 1.165) is 11.3 Å².